The number of hydrogen-bond acceptors (Lipinski definition) is 3. The van der Waals surface area contributed by atoms with Crippen molar-refractivity contribution in [2.24, 2.45) is 5.73 Å². The van der Waals surface area contributed by atoms with Crippen LogP contribution in [-0.4, -0.2) is 16.6 Å². The Morgan fingerprint density at radius 1 is 1.73 bits per heavy atom. The standard InChI is InChI=1S/C7H9FN2O/c8-5-2-1-3-10-7(5)6(11)4-9/h1-3,6,11H,4,9H2. The molecule has 11 heavy (non-hydrogen) atoms. The van der Waals surface area contributed by atoms with Gasteiger partial charge in [0.2, 0.25) is 0 Å². The zero-order valence-electron chi connectivity index (χ0n) is 5.87. The summed E-state index contributed by atoms with van der Waals surface area (Å²) in [5, 5.41) is 9.08. The summed E-state index contributed by atoms with van der Waals surface area (Å²) in [4.78, 5) is 3.64. The second-order valence-electron chi connectivity index (χ2n) is 2.12. The van der Waals surface area contributed by atoms with Gasteiger partial charge >= 0.3 is 0 Å². The van der Waals surface area contributed by atoms with Crippen molar-refractivity contribution in [1.82, 2.24) is 4.98 Å². The van der Waals surface area contributed by atoms with Gasteiger partial charge in [-0.05, 0) is 12.1 Å². The van der Waals surface area contributed by atoms with Crippen molar-refractivity contribution >= 4 is 0 Å². The summed E-state index contributed by atoms with van der Waals surface area (Å²) in [5.41, 5.74) is 5.13. The predicted molar refractivity (Wildman–Crippen MR) is 38.2 cm³/mol. The zero-order valence-corrected chi connectivity index (χ0v) is 5.87. The summed E-state index contributed by atoms with van der Waals surface area (Å²) in [6.07, 6.45) is 0.410. The Labute approximate surface area is 63.7 Å². The molecule has 0 aliphatic rings. The molecule has 0 spiro atoms. The highest BCUT2D eigenvalue weighted by molar-refractivity contribution is 5.09. The molecule has 1 unspecified atom stereocenters. The Hall–Kier alpha value is -1.00. The molecular formula is C7H9FN2O. The third kappa shape index (κ3) is 1.72. The summed E-state index contributed by atoms with van der Waals surface area (Å²) in [6.45, 7) is -0.0199. The van der Waals surface area contributed by atoms with Gasteiger partial charge in [-0.1, -0.05) is 0 Å². The average Bonchev–Trinajstić information content (AvgIpc) is 2.04. The lowest BCUT2D eigenvalue weighted by Crippen LogP contribution is -2.14. The highest BCUT2D eigenvalue weighted by Gasteiger charge is 2.10. The fraction of sp³-hybridized carbons (Fsp3) is 0.286. The molecule has 0 radical (unpaired) electrons. The van der Waals surface area contributed by atoms with Gasteiger partial charge < -0.3 is 10.8 Å². The Kier molecular flexibility index (Phi) is 2.51. The maximum atomic E-state index is 12.7. The van der Waals surface area contributed by atoms with Crippen molar-refractivity contribution in [3.63, 3.8) is 0 Å². The molecule has 0 aliphatic heterocycles. The minimum absolute atomic E-state index is 0.00926. The van der Waals surface area contributed by atoms with Crippen molar-refractivity contribution in [1.29, 1.82) is 0 Å². The number of nitrogens with two attached hydrogens (primary N) is 1. The van der Waals surface area contributed by atoms with Gasteiger partial charge in [0.15, 0.2) is 0 Å². The van der Waals surface area contributed by atoms with E-state index >= 15 is 0 Å². The van der Waals surface area contributed by atoms with Gasteiger partial charge in [-0.3, -0.25) is 4.98 Å². The number of nitrogens with zero attached hydrogens (tertiary/aromatic N) is 1. The van der Waals surface area contributed by atoms with E-state index in [1.807, 2.05) is 0 Å². The van der Waals surface area contributed by atoms with Crippen LogP contribution in [0.4, 0.5) is 4.39 Å². The molecule has 0 aliphatic carbocycles. The Balaban J connectivity index is 2.93. The Bertz CT molecular complexity index is 242. The number of halogens is 1. The third-order valence-corrected chi connectivity index (χ3v) is 1.33. The van der Waals surface area contributed by atoms with Crippen LogP contribution >= 0.6 is 0 Å². The van der Waals surface area contributed by atoms with Gasteiger partial charge in [0.1, 0.15) is 17.6 Å². The highest BCUT2D eigenvalue weighted by Crippen LogP contribution is 2.11. The van der Waals surface area contributed by atoms with Gasteiger partial charge in [0.25, 0.3) is 0 Å². The summed E-state index contributed by atoms with van der Waals surface area (Å²) >= 11 is 0. The monoisotopic (exact) mass is 156 g/mol. The molecule has 1 atom stereocenters. The summed E-state index contributed by atoms with van der Waals surface area (Å²) < 4.78 is 12.7. The quantitative estimate of drug-likeness (QED) is 0.643. The second-order valence-corrected chi connectivity index (χ2v) is 2.12. The first-order chi connectivity index (χ1) is 5.25. The van der Waals surface area contributed by atoms with Crippen LogP contribution in [0.3, 0.4) is 0 Å². The van der Waals surface area contributed by atoms with E-state index in [9.17, 15) is 4.39 Å². The molecule has 0 bridgehead atoms. The summed E-state index contributed by atoms with van der Waals surface area (Å²) in [6, 6.07) is 2.70. The van der Waals surface area contributed by atoms with Crippen molar-refractivity contribution in [3.05, 3.63) is 29.8 Å². The van der Waals surface area contributed by atoms with Crippen LogP contribution in [-0.2, 0) is 0 Å². The molecule has 1 heterocycles. The van der Waals surface area contributed by atoms with Crippen LogP contribution in [0.25, 0.3) is 0 Å². The van der Waals surface area contributed by atoms with E-state index in [0.717, 1.165) is 0 Å². The molecule has 4 heteroatoms. The molecule has 0 saturated heterocycles. The van der Waals surface area contributed by atoms with Crippen molar-refractivity contribution in [3.8, 4) is 0 Å². The predicted octanol–water partition coefficient (Wildman–Crippen LogP) is 0.213. The molecule has 0 fully saturated rings. The first-order valence-corrected chi connectivity index (χ1v) is 3.24. The Morgan fingerprint density at radius 3 is 3.00 bits per heavy atom. The SMILES string of the molecule is NCC(O)c1ncccc1F. The van der Waals surface area contributed by atoms with Gasteiger partial charge in [0, 0.05) is 12.7 Å². The topological polar surface area (TPSA) is 59.1 Å². The van der Waals surface area contributed by atoms with Crippen molar-refractivity contribution in [2.75, 3.05) is 6.54 Å². The van der Waals surface area contributed by atoms with E-state index < -0.39 is 11.9 Å². The largest absolute Gasteiger partial charge is 0.385 e. The fourth-order valence-corrected chi connectivity index (χ4v) is 0.755. The highest BCUT2D eigenvalue weighted by atomic mass is 19.1. The first-order valence-electron chi connectivity index (χ1n) is 3.24. The van der Waals surface area contributed by atoms with Crippen LogP contribution in [0.2, 0.25) is 0 Å². The van der Waals surface area contributed by atoms with Gasteiger partial charge in [0.05, 0.1) is 0 Å². The zero-order chi connectivity index (χ0) is 8.27. The molecular weight excluding hydrogens is 147 g/mol. The minimum atomic E-state index is -1.00. The molecule has 3 N–H and O–H groups in total. The number of aromatic nitrogens is 1. The van der Waals surface area contributed by atoms with E-state index in [2.05, 4.69) is 4.98 Å². The molecule has 1 aromatic heterocycles. The molecule has 0 amide bonds. The van der Waals surface area contributed by atoms with Crippen molar-refractivity contribution < 1.29 is 9.50 Å². The second kappa shape index (κ2) is 3.41. The van der Waals surface area contributed by atoms with E-state index in [0.29, 0.717) is 0 Å². The maximum Gasteiger partial charge on any atom is 0.147 e. The van der Waals surface area contributed by atoms with E-state index in [4.69, 9.17) is 10.8 Å². The lowest BCUT2D eigenvalue weighted by molar-refractivity contribution is 0.176. The van der Waals surface area contributed by atoms with Crippen LogP contribution in [0.5, 0.6) is 0 Å². The van der Waals surface area contributed by atoms with Crippen LogP contribution < -0.4 is 5.73 Å². The molecule has 1 aromatic rings. The minimum Gasteiger partial charge on any atom is -0.385 e. The lowest BCUT2D eigenvalue weighted by Gasteiger charge is -2.06. The third-order valence-electron chi connectivity index (χ3n) is 1.33. The number of rotatable bonds is 2. The maximum absolute atomic E-state index is 12.7. The van der Waals surface area contributed by atoms with Crippen molar-refractivity contribution in [2.45, 2.75) is 6.10 Å². The van der Waals surface area contributed by atoms with Crippen LogP contribution in [0.15, 0.2) is 18.3 Å². The smallest absolute Gasteiger partial charge is 0.147 e. The average molecular weight is 156 g/mol. The van der Waals surface area contributed by atoms with E-state index in [-0.39, 0.29) is 12.2 Å². The number of aliphatic hydroxyl groups is 1. The van der Waals surface area contributed by atoms with Crippen LogP contribution in [0.1, 0.15) is 11.8 Å². The van der Waals surface area contributed by atoms with Gasteiger partial charge in [-0.25, -0.2) is 4.39 Å². The van der Waals surface area contributed by atoms with Crippen LogP contribution in [0, 0.1) is 5.82 Å². The molecule has 3 nitrogen and oxygen atoms in total. The fourth-order valence-electron chi connectivity index (χ4n) is 0.755. The lowest BCUT2D eigenvalue weighted by atomic mass is 10.2. The number of hydrogen-bond donors (Lipinski definition) is 2. The molecule has 1 rings (SSSR count). The first kappa shape index (κ1) is 8.10. The molecule has 0 aromatic carbocycles. The molecule has 0 saturated carbocycles. The normalized spacial score (nSPS) is 13.0. The number of pyridine rings is 1. The van der Waals surface area contributed by atoms with E-state index in [1.165, 1.54) is 18.3 Å². The molecule has 60 valence electrons. The Morgan fingerprint density at radius 2 is 2.45 bits per heavy atom. The van der Waals surface area contributed by atoms with Gasteiger partial charge in [-0.15, -0.1) is 0 Å². The number of aliphatic hydroxyl groups excluding tert-OH is 1. The summed E-state index contributed by atoms with van der Waals surface area (Å²) in [7, 11) is 0. The van der Waals surface area contributed by atoms with E-state index in [1.54, 1.807) is 0 Å². The van der Waals surface area contributed by atoms with Gasteiger partial charge in [-0.2, -0.15) is 0 Å². The summed E-state index contributed by atoms with van der Waals surface area (Å²) in [5.74, 6) is -0.523.